The van der Waals surface area contributed by atoms with Gasteiger partial charge >= 0.3 is 0 Å². The average Bonchev–Trinajstić information content (AvgIpc) is 2.91. The van der Waals surface area contributed by atoms with Crippen molar-refractivity contribution >= 4 is 28.6 Å². The summed E-state index contributed by atoms with van der Waals surface area (Å²) in [5.74, 6) is -0.328. The van der Waals surface area contributed by atoms with Crippen molar-refractivity contribution < 1.29 is 4.39 Å². The molecule has 0 atom stereocenters. The molecule has 0 aliphatic rings. The lowest BCUT2D eigenvalue weighted by Gasteiger charge is -2.01. The van der Waals surface area contributed by atoms with Gasteiger partial charge in [-0.3, -0.25) is 0 Å². The van der Waals surface area contributed by atoms with E-state index in [2.05, 4.69) is 4.98 Å². The molecule has 0 radical (unpaired) electrons. The first-order chi connectivity index (χ1) is 10.1. The molecule has 0 unspecified atom stereocenters. The van der Waals surface area contributed by atoms with Gasteiger partial charge in [0.15, 0.2) is 0 Å². The van der Waals surface area contributed by atoms with Gasteiger partial charge in [-0.15, -0.1) is 11.3 Å². The molecule has 3 rings (SSSR count). The first-order valence-electron chi connectivity index (χ1n) is 6.36. The molecular weight excluding hydrogens is 307 g/mol. The van der Waals surface area contributed by atoms with Crippen LogP contribution in [0.1, 0.15) is 10.6 Å². The highest BCUT2D eigenvalue weighted by Gasteiger charge is 2.08. The van der Waals surface area contributed by atoms with E-state index < -0.39 is 0 Å². The monoisotopic (exact) mass is 318 g/mol. The van der Waals surface area contributed by atoms with Crippen LogP contribution in [-0.2, 0) is 6.42 Å². The normalized spacial score (nSPS) is 10.8. The number of halogens is 2. The largest absolute Gasteiger partial charge is 0.399 e. The number of benzene rings is 2. The molecule has 21 heavy (non-hydrogen) atoms. The first kappa shape index (κ1) is 14.0. The first-order valence-corrected chi connectivity index (χ1v) is 7.62. The summed E-state index contributed by atoms with van der Waals surface area (Å²) in [6.07, 6.45) is 0.596. The maximum Gasteiger partial charge on any atom is 0.124 e. The average molecular weight is 319 g/mol. The third-order valence-electron chi connectivity index (χ3n) is 3.11. The number of nitrogen functional groups attached to an aromatic ring is 1. The molecule has 0 amide bonds. The highest BCUT2D eigenvalue weighted by atomic mass is 35.5. The molecule has 1 aromatic heterocycles. The van der Waals surface area contributed by atoms with E-state index in [1.165, 1.54) is 12.1 Å². The van der Waals surface area contributed by atoms with E-state index in [0.29, 0.717) is 11.4 Å². The van der Waals surface area contributed by atoms with E-state index in [4.69, 9.17) is 17.3 Å². The van der Waals surface area contributed by atoms with Crippen molar-refractivity contribution in [3.63, 3.8) is 0 Å². The number of aromatic nitrogens is 1. The lowest BCUT2D eigenvalue weighted by molar-refractivity contribution is 0.627. The van der Waals surface area contributed by atoms with Crippen molar-refractivity contribution in [3.8, 4) is 11.3 Å². The van der Waals surface area contributed by atoms with Gasteiger partial charge in [0.1, 0.15) is 5.82 Å². The van der Waals surface area contributed by atoms with Crippen LogP contribution < -0.4 is 5.73 Å². The summed E-state index contributed by atoms with van der Waals surface area (Å²) in [4.78, 5) is 4.59. The zero-order valence-electron chi connectivity index (χ0n) is 11.0. The topological polar surface area (TPSA) is 38.9 Å². The Labute approximate surface area is 131 Å². The molecule has 3 aromatic rings. The van der Waals surface area contributed by atoms with Gasteiger partial charge in [-0.1, -0.05) is 29.8 Å². The minimum Gasteiger partial charge on any atom is -0.399 e. The van der Waals surface area contributed by atoms with E-state index in [1.807, 2.05) is 29.6 Å². The molecule has 0 saturated heterocycles. The fourth-order valence-corrected chi connectivity index (χ4v) is 3.07. The maximum absolute atomic E-state index is 13.0. The van der Waals surface area contributed by atoms with Crippen LogP contribution in [0.5, 0.6) is 0 Å². The second kappa shape index (κ2) is 5.84. The van der Waals surface area contributed by atoms with E-state index in [-0.39, 0.29) is 5.82 Å². The molecule has 2 N–H and O–H groups in total. The number of anilines is 1. The van der Waals surface area contributed by atoms with Crippen LogP contribution >= 0.6 is 22.9 Å². The molecule has 0 saturated carbocycles. The summed E-state index contributed by atoms with van der Waals surface area (Å²) in [6.45, 7) is 0. The van der Waals surface area contributed by atoms with Crippen LogP contribution in [0.2, 0.25) is 5.02 Å². The van der Waals surface area contributed by atoms with Gasteiger partial charge in [0.2, 0.25) is 0 Å². The second-order valence-corrected chi connectivity index (χ2v) is 6.01. The van der Waals surface area contributed by atoms with Crippen molar-refractivity contribution in [2.75, 3.05) is 5.73 Å². The van der Waals surface area contributed by atoms with Crippen LogP contribution in [0, 0.1) is 5.82 Å². The maximum atomic E-state index is 13.0. The van der Waals surface area contributed by atoms with Gasteiger partial charge in [-0.25, -0.2) is 9.37 Å². The number of thiazole rings is 1. The zero-order valence-corrected chi connectivity index (χ0v) is 12.6. The molecule has 5 heteroatoms. The second-order valence-electron chi connectivity index (χ2n) is 4.66. The number of hydrogen-bond donors (Lipinski definition) is 1. The Balaban J connectivity index is 1.83. The van der Waals surface area contributed by atoms with Gasteiger partial charge in [0, 0.05) is 28.1 Å². The smallest absolute Gasteiger partial charge is 0.124 e. The Morgan fingerprint density at radius 3 is 2.62 bits per heavy atom. The molecular formula is C16H12ClFN2S. The summed E-state index contributed by atoms with van der Waals surface area (Å²) in [6, 6.07) is 12.0. The van der Waals surface area contributed by atoms with E-state index in [0.717, 1.165) is 27.5 Å². The lowest BCUT2D eigenvalue weighted by atomic mass is 10.1. The van der Waals surface area contributed by atoms with Crippen LogP contribution in [0.4, 0.5) is 10.1 Å². The van der Waals surface area contributed by atoms with E-state index in [1.54, 1.807) is 17.4 Å². The Bertz CT molecular complexity index is 768. The zero-order chi connectivity index (χ0) is 14.8. The van der Waals surface area contributed by atoms with E-state index >= 15 is 0 Å². The van der Waals surface area contributed by atoms with Crippen molar-refractivity contribution in [3.05, 3.63) is 69.3 Å². The molecule has 0 aliphatic heterocycles. The molecule has 0 bridgehead atoms. The molecule has 0 spiro atoms. The van der Waals surface area contributed by atoms with Crippen molar-refractivity contribution in [2.45, 2.75) is 6.42 Å². The van der Waals surface area contributed by atoms with Gasteiger partial charge in [0.25, 0.3) is 0 Å². The Morgan fingerprint density at radius 1 is 1.14 bits per heavy atom. The van der Waals surface area contributed by atoms with Gasteiger partial charge < -0.3 is 5.73 Å². The quantitative estimate of drug-likeness (QED) is 0.706. The van der Waals surface area contributed by atoms with Gasteiger partial charge in [-0.05, 0) is 29.8 Å². The minimum atomic E-state index is -0.328. The van der Waals surface area contributed by atoms with Gasteiger partial charge in [-0.2, -0.15) is 0 Å². The van der Waals surface area contributed by atoms with Gasteiger partial charge in [0.05, 0.1) is 10.7 Å². The Kier molecular flexibility index (Phi) is 3.90. The fraction of sp³-hybridized carbons (Fsp3) is 0.0625. The van der Waals surface area contributed by atoms with Crippen molar-refractivity contribution in [1.82, 2.24) is 4.98 Å². The molecule has 2 aromatic carbocycles. The van der Waals surface area contributed by atoms with Crippen LogP contribution in [0.3, 0.4) is 0 Å². The highest BCUT2D eigenvalue weighted by molar-refractivity contribution is 7.10. The predicted octanol–water partition coefficient (Wildman–Crippen LogP) is 4.78. The minimum absolute atomic E-state index is 0.328. The molecule has 0 aliphatic carbocycles. The number of nitrogens with zero attached hydrogens (tertiary/aromatic N) is 1. The standard InChI is InChI=1S/C16H12ClFN2S/c17-14-8-12(18)4-1-11(14)7-16-20-15(9-21-16)10-2-5-13(19)6-3-10/h1-6,8-9H,7,19H2. The Morgan fingerprint density at radius 2 is 1.90 bits per heavy atom. The molecule has 1 heterocycles. The van der Waals surface area contributed by atoms with Crippen molar-refractivity contribution in [2.24, 2.45) is 0 Å². The SMILES string of the molecule is Nc1ccc(-c2csc(Cc3ccc(F)cc3Cl)n2)cc1. The van der Waals surface area contributed by atoms with Crippen LogP contribution in [0.25, 0.3) is 11.3 Å². The third-order valence-corrected chi connectivity index (χ3v) is 4.32. The number of hydrogen-bond acceptors (Lipinski definition) is 3. The number of rotatable bonds is 3. The fourth-order valence-electron chi connectivity index (χ4n) is 2.01. The lowest BCUT2D eigenvalue weighted by Crippen LogP contribution is -1.90. The Hall–Kier alpha value is -1.91. The van der Waals surface area contributed by atoms with Crippen LogP contribution in [-0.4, -0.2) is 4.98 Å². The summed E-state index contributed by atoms with van der Waals surface area (Å²) in [5, 5.41) is 3.37. The third kappa shape index (κ3) is 3.23. The predicted molar refractivity (Wildman–Crippen MR) is 86.2 cm³/mol. The molecule has 0 fully saturated rings. The molecule has 106 valence electrons. The highest BCUT2D eigenvalue weighted by Crippen LogP contribution is 2.26. The summed E-state index contributed by atoms with van der Waals surface area (Å²) < 4.78 is 13.0. The summed E-state index contributed by atoms with van der Waals surface area (Å²) >= 11 is 7.61. The van der Waals surface area contributed by atoms with Crippen molar-refractivity contribution in [1.29, 1.82) is 0 Å². The molecule has 2 nitrogen and oxygen atoms in total. The van der Waals surface area contributed by atoms with Crippen LogP contribution in [0.15, 0.2) is 47.8 Å². The summed E-state index contributed by atoms with van der Waals surface area (Å²) in [5.41, 5.74) is 9.21. The van der Waals surface area contributed by atoms with E-state index in [9.17, 15) is 4.39 Å². The number of nitrogens with two attached hydrogens (primary N) is 1. The summed E-state index contributed by atoms with van der Waals surface area (Å²) in [7, 11) is 0.